The molecule has 0 aliphatic carbocycles. The minimum Gasteiger partial charge on any atom is -0.473 e. The third-order valence-corrected chi connectivity index (χ3v) is 7.63. The highest BCUT2D eigenvalue weighted by Gasteiger charge is 2.28. The maximum absolute atomic E-state index is 14.2. The van der Waals surface area contributed by atoms with Crippen molar-refractivity contribution >= 4 is 42.1 Å². The third kappa shape index (κ3) is 4.78. The standard InChI is InChI=1S/C22H23FIN3O4/c1-3-19-22(29)26-18-8-13(10-24-20(18)31-19)11-27-7-6-15(12-30-27)14-4-5-16(17(23)9-14)21(28)25-2/h4-6,8-10,19H,3,7,11-12H2,1-2H3,(H,25,28)(H,26,29). The highest BCUT2D eigenvalue weighted by molar-refractivity contribution is 14.2. The molecule has 0 fully saturated rings. The molecule has 0 bridgehead atoms. The fourth-order valence-electron chi connectivity index (χ4n) is 3.40. The van der Waals surface area contributed by atoms with Crippen molar-refractivity contribution in [2.24, 2.45) is 0 Å². The Hall–Kier alpha value is -2.37. The lowest BCUT2D eigenvalue weighted by atomic mass is 10.0. The fourth-order valence-corrected chi connectivity index (χ4v) is 5.54. The maximum Gasteiger partial charge on any atom is 0.265 e. The average molecular weight is 539 g/mol. The fraction of sp³-hybridized carbons (Fsp3) is 0.318. The number of nitrogens with zero attached hydrogens (tertiary/aromatic N) is 1. The Balaban J connectivity index is 1.40. The normalized spacial score (nSPS) is 21.3. The summed E-state index contributed by atoms with van der Waals surface area (Å²) >= 11 is -0.451. The van der Waals surface area contributed by atoms with Crippen molar-refractivity contribution in [3.63, 3.8) is 0 Å². The van der Waals surface area contributed by atoms with Crippen molar-refractivity contribution in [1.82, 2.24) is 15.7 Å². The lowest BCUT2D eigenvalue weighted by Crippen LogP contribution is -2.40. The molecule has 1 aromatic carbocycles. The van der Waals surface area contributed by atoms with Crippen molar-refractivity contribution in [2.75, 3.05) is 26.7 Å². The zero-order chi connectivity index (χ0) is 22.0. The van der Waals surface area contributed by atoms with Gasteiger partial charge in [-0.3, -0.25) is 14.4 Å². The minimum atomic E-state index is -0.558. The zero-order valence-electron chi connectivity index (χ0n) is 17.2. The molecular formula is C22H23FIN3O4. The SMILES string of the molecule is CCC1OC2=C(C=C(CN3CC=C(c4ccc(C(=O)NC)c(F)c4)CO3)C=I2)NC1=O. The summed E-state index contributed by atoms with van der Waals surface area (Å²) in [7, 11) is 1.47. The molecule has 9 heteroatoms. The van der Waals surface area contributed by atoms with E-state index in [1.54, 1.807) is 6.07 Å². The molecule has 3 aliphatic rings. The number of carbonyl (C=O) groups is 2. The van der Waals surface area contributed by atoms with Crippen molar-refractivity contribution in [3.05, 3.63) is 62.3 Å². The predicted molar refractivity (Wildman–Crippen MR) is 124 cm³/mol. The van der Waals surface area contributed by atoms with E-state index in [0.29, 0.717) is 31.7 Å². The quantitative estimate of drug-likeness (QED) is 0.563. The second-order valence-corrected chi connectivity index (χ2v) is 9.45. The van der Waals surface area contributed by atoms with E-state index in [1.165, 1.54) is 19.2 Å². The molecule has 2 amide bonds. The first-order valence-corrected chi connectivity index (χ1v) is 12.3. The topological polar surface area (TPSA) is 79.9 Å². The van der Waals surface area contributed by atoms with Crippen molar-refractivity contribution < 1.29 is 23.6 Å². The number of allylic oxidation sites excluding steroid dienone is 1. The molecule has 3 heterocycles. The molecule has 0 saturated carbocycles. The summed E-state index contributed by atoms with van der Waals surface area (Å²) in [6, 6.07) is 4.57. The van der Waals surface area contributed by atoms with Gasteiger partial charge in [-0.1, -0.05) is 19.1 Å². The summed E-state index contributed by atoms with van der Waals surface area (Å²) in [5.74, 6) is -1.11. The van der Waals surface area contributed by atoms with Crippen LogP contribution in [0.4, 0.5) is 4.39 Å². The Bertz CT molecular complexity index is 1050. The van der Waals surface area contributed by atoms with Gasteiger partial charge in [0.1, 0.15) is 5.82 Å². The summed E-state index contributed by atoms with van der Waals surface area (Å²) < 4.78 is 23.1. The molecule has 0 spiro atoms. The van der Waals surface area contributed by atoms with Crippen molar-refractivity contribution in [2.45, 2.75) is 19.4 Å². The van der Waals surface area contributed by atoms with E-state index in [-0.39, 0.29) is 11.5 Å². The Labute approximate surface area is 189 Å². The van der Waals surface area contributed by atoms with Gasteiger partial charge in [-0.05, 0) is 66.1 Å². The monoisotopic (exact) mass is 539 g/mol. The molecule has 0 aromatic heterocycles. The molecular weight excluding hydrogens is 516 g/mol. The number of amides is 2. The minimum absolute atomic E-state index is 0.0194. The van der Waals surface area contributed by atoms with E-state index in [0.717, 1.165) is 20.6 Å². The van der Waals surface area contributed by atoms with E-state index in [4.69, 9.17) is 9.57 Å². The predicted octanol–water partition coefficient (Wildman–Crippen LogP) is 2.62. The van der Waals surface area contributed by atoms with Crippen LogP contribution < -0.4 is 10.6 Å². The Morgan fingerprint density at radius 2 is 2.26 bits per heavy atom. The summed E-state index contributed by atoms with van der Waals surface area (Å²) in [6.45, 7) is 3.37. The number of halogens is 2. The molecule has 1 aromatic rings. The van der Waals surface area contributed by atoms with E-state index in [2.05, 4.69) is 14.6 Å². The average Bonchev–Trinajstić information content (AvgIpc) is 2.78. The highest BCUT2D eigenvalue weighted by atomic mass is 127. The number of hydrogen-bond acceptors (Lipinski definition) is 5. The summed E-state index contributed by atoms with van der Waals surface area (Å²) in [4.78, 5) is 29.6. The molecule has 1 unspecified atom stereocenters. The molecule has 31 heavy (non-hydrogen) atoms. The van der Waals surface area contributed by atoms with Gasteiger partial charge in [0.25, 0.3) is 11.8 Å². The van der Waals surface area contributed by atoms with Gasteiger partial charge >= 0.3 is 0 Å². The van der Waals surface area contributed by atoms with E-state index < -0.39 is 38.6 Å². The number of benzene rings is 1. The van der Waals surface area contributed by atoms with Crippen molar-refractivity contribution in [1.29, 1.82) is 0 Å². The van der Waals surface area contributed by atoms with Crippen LogP contribution in [0.15, 0.2) is 45.4 Å². The second-order valence-electron chi connectivity index (χ2n) is 7.23. The zero-order valence-corrected chi connectivity index (χ0v) is 19.4. The summed E-state index contributed by atoms with van der Waals surface area (Å²) in [6.07, 6.45) is 4.19. The van der Waals surface area contributed by atoms with Crippen LogP contribution in [0.3, 0.4) is 0 Å². The molecule has 2 N–H and O–H groups in total. The Kier molecular flexibility index (Phi) is 6.63. The third-order valence-electron chi connectivity index (χ3n) is 5.12. The summed E-state index contributed by atoms with van der Waals surface area (Å²) in [5.41, 5.74) is 3.42. The van der Waals surface area contributed by atoms with Crippen LogP contribution in [0.1, 0.15) is 29.3 Å². The van der Waals surface area contributed by atoms with Crippen LogP contribution in [-0.4, -0.2) is 53.7 Å². The van der Waals surface area contributed by atoms with Gasteiger partial charge in [0.2, 0.25) is 0 Å². The number of hydroxylamine groups is 2. The van der Waals surface area contributed by atoms with E-state index >= 15 is 0 Å². The first-order valence-electron chi connectivity index (χ1n) is 9.96. The molecule has 4 rings (SSSR count). The van der Waals surface area contributed by atoms with Crippen LogP contribution in [0.2, 0.25) is 0 Å². The van der Waals surface area contributed by atoms with Crippen LogP contribution in [0.5, 0.6) is 0 Å². The van der Waals surface area contributed by atoms with Gasteiger partial charge in [0.15, 0.2) is 9.87 Å². The van der Waals surface area contributed by atoms with E-state index in [9.17, 15) is 14.0 Å². The summed E-state index contributed by atoms with van der Waals surface area (Å²) in [5, 5.41) is 7.20. The van der Waals surface area contributed by atoms with Gasteiger partial charge in [0, 0.05) is 20.1 Å². The second kappa shape index (κ2) is 9.41. The first-order chi connectivity index (χ1) is 15.0. The van der Waals surface area contributed by atoms with Crippen LogP contribution in [-0.2, 0) is 14.4 Å². The number of rotatable bonds is 5. The lowest BCUT2D eigenvalue weighted by molar-refractivity contribution is -0.135. The number of nitrogens with one attached hydrogen (secondary N) is 2. The number of carbonyl (C=O) groups excluding carboxylic acids is 2. The Morgan fingerprint density at radius 3 is 2.94 bits per heavy atom. The van der Waals surface area contributed by atoms with Gasteiger partial charge in [-0.25, -0.2) is 4.39 Å². The van der Waals surface area contributed by atoms with E-state index in [1.807, 2.05) is 24.1 Å². The van der Waals surface area contributed by atoms with Gasteiger partial charge in [-0.15, -0.1) is 0 Å². The first kappa shape index (κ1) is 21.8. The maximum atomic E-state index is 14.2. The van der Waals surface area contributed by atoms with Crippen LogP contribution >= 0.6 is 20.7 Å². The molecule has 0 radical (unpaired) electrons. The number of hydrogen-bond donors (Lipinski definition) is 2. The largest absolute Gasteiger partial charge is 0.473 e. The number of ether oxygens (including phenoxy) is 1. The molecule has 1 atom stereocenters. The molecule has 7 nitrogen and oxygen atoms in total. The van der Waals surface area contributed by atoms with Crippen LogP contribution in [0, 0.1) is 5.82 Å². The van der Waals surface area contributed by atoms with Crippen LogP contribution in [0.25, 0.3) is 5.57 Å². The highest BCUT2D eigenvalue weighted by Crippen LogP contribution is 2.31. The van der Waals surface area contributed by atoms with Gasteiger partial charge in [0.05, 0.1) is 17.9 Å². The van der Waals surface area contributed by atoms with Crippen molar-refractivity contribution in [3.8, 4) is 0 Å². The molecule has 3 aliphatic heterocycles. The Morgan fingerprint density at radius 1 is 1.42 bits per heavy atom. The smallest absolute Gasteiger partial charge is 0.265 e. The van der Waals surface area contributed by atoms with Gasteiger partial charge < -0.3 is 15.4 Å². The lowest BCUT2D eigenvalue weighted by Gasteiger charge is -2.29. The molecule has 0 saturated heterocycles. The van der Waals surface area contributed by atoms with Gasteiger partial charge in [-0.2, -0.15) is 5.06 Å². The molecule has 164 valence electrons.